The highest BCUT2D eigenvalue weighted by molar-refractivity contribution is 6.87. The second-order valence-electron chi connectivity index (χ2n) is 5.54. The zero-order valence-electron chi connectivity index (χ0n) is 14.2. The first kappa shape index (κ1) is 19.3. The van der Waals surface area contributed by atoms with Crippen molar-refractivity contribution in [3.05, 3.63) is 30.3 Å². The fourth-order valence-corrected chi connectivity index (χ4v) is 5.01. The van der Waals surface area contributed by atoms with E-state index in [9.17, 15) is 0 Å². The summed E-state index contributed by atoms with van der Waals surface area (Å²) < 4.78 is 23.3. The Bertz CT molecular complexity index is 377. The molecule has 0 radical (unpaired) electrons. The third-order valence-electron chi connectivity index (χ3n) is 3.68. The topological polar surface area (TPSA) is 40.2 Å². The quantitative estimate of drug-likeness (QED) is 0.332. The lowest BCUT2D eigenvalue weighted by molar-refractivity contribution is -0.0422. The lowest BCUT2D eigenvalue weighted by atomic mass is 10.4. The van der Waals surface area contributed by atoms with Crippen LogP contribution < -0.4 is 5.19 Å². The molecule has 0 heterocycles. The van der Waals surface area contributed by atoms with Crippen molar-refractivity contribution in [1.82, 2.24) is 4.57 Å². The van der Waals surface area contributed by atoms with Gasteiger partial charge in [0.05, 0.1) is 13.2 Å². The number of benzene rings is 1. The molecule has 0 saturated carbocycles. The molecule has 0 spiro atoms. The van der Waals surface area contributed by atoms with E-state index in [1.54, 1.807) is 14.2 Å². The Morgan fingerprint density at radius 1 is 0.864 bits per heavy atom. The van der Waals surface area contributed by atoms with E-state index in [2.05, 4.69) is 48.0 Å². The van der Waals surface area contributed by atoms with E-state index in [4.69, 9.17) is 18.9 Å². The van der Waals surface area contributed by atoms with Gasteiger partial charge in [-0.25, -0.2) is 0 Å². The van der Waals surface area contributed by atoms with Gasteiger partial charge >= 0.3 is 0 Å². The maximum Gasteiger partial charge on any atom is 0.154 e. The fraction of sp³-hybridized carbons (Fsp3) is 0.625. The van der Waals surface area contributed by atoms with Gasteiger partial charge in [0.15, 0.2) is 8.24 Å². The number of methoxy groups -OCH3 is 2. The first-order valence-electron chi connectivity index (χ1n) is 7.57. The van der Waals surface area contributed by atoms with E-state index in [0.717, 1.165) is 13.1 Å². The van der Waals surface area contributed by atoms with Crippen LogP contribution in [0.25, 0.3) is 0 Å². The maximum atomic E-state index is 5.46. The highest BCUT2D eigenvalue weighted by Crippen LogP contribution is 2.10. The fourth-order valence-electron chi connectivity index (χ4n) is 2.33. The van der Waals surface area contributed by atoms with Gasteiger partial charge in [-0.05, 0) is 5.19 Å². The van der Waals surface area contributed by atoms with Crippen molar-refractivity contribution >= 4 is 13.4 Å². The number of nitrogens with zero attached hydrogens (tertiary/aromatic N) is 1. The monoisotopic (exact) mass is 327 g/mol. The molecule has 126 valence electrons. The van der Waals surface area contributed by atoms with Crippen molar-refractivity contribution in [1.29, 1.82) is 0 Å². The average molecular weight is 327 g/mol. The van der Waals surface area contributed by atoms with E-state index < -0.39 is 8.24 Å². The van der Waals surface area contributed by atoms with Crippen LogP contribution in [-0.2, 0) is 18.9 Å². The minimum atomic E-state index is -1.74. The van der Waals surface area contributed by atoms with Gasteiger partial charge in [0.2, 0.25) is 0 Å². The summed E-state index contributed by atoms with van der Waals surface area (Å²) in [7, 11) is 1.54. The molecule has 0 atom stereocenters. The summed E-state index contributed by atoms with van der Waals surface area (Å²) in [4.78, 5) is 0. The largest absolute Gasteiger partial charge is 0.359 e. The van der Waals surface area contributed by atoms with Gasteiger partial charge in [0.1, 0.15) is 13.6 Å². The molecule has 0 amide bonds. The van der Waals surface area contributed by atoms with Gasteiger partial charge < -0.3 is 23.5 Å². The molecule has 1 aromatic rings. The third kappa shape index (κ3) is 6.56. The molecule has 22 heavy (non-hydrogen) atoms. The highest BCUT2D eigenvalue weighted by Gasteiger charge is 2.31. The van der Waals surface area contributed by atoms with Crippen LogP contribution in [0.15, 0.2) is 30.3 Å². The second kappa shape index (κ2) is 10.9. The molecule has 0 bridgehead atoms. The van der Waals surface area contributed by atoms with E-state index in [-0.39, 0.29) is 0 Å². The van der Waals surface area contributed by atoms with Crippen LogP contribution in [0.1, 0.15) is 0 Å². The highest BCUT2D eigenvalue weighted by atomic mass is 28.3. The van der Waals surface area contributed by atoms with E-state index in [0.29, 0.717) is 26.8 Å². The Morgan fingerprint density at radius 2 is 1.36 bits per heavy atom. The molecule has 1 aromatic carbocycles. The first-order valence-corrected chi connectivity index (χ1v) is 10.5. The second-order valence-corrected chi connectivity index (χ2v) is 9.87. The van der Waals surface area contributed by atoms with Crippen molar-refractivity contribution in [3.8, 4) is 0 Å². The van der Waals surface area contributed by atoms with Crippen molar-refractivity contribution < 1.29 is 18.9 Å². The normalized spacial score (nSPS) is 12.0. The summed E-state index contributed by atoms with van der Waals surface area (Å²) in [5.74, 6) is 0. The minimum Gasteiger partial charge on any atom is -0.359 e. The van der Waals surface area contributed by atoms with Crippen molar-refractivity contribution in [2.45, 2.75) is 13.1 Å². The lowest BCUT2D eigenvalue weighted by Gasteiger charge is -2.37. The van der Waals surface area contributed by atoms with Crippen LogP contribution in [0.5, 0.6) is 0 Å². The summed E-state index contributed by atoms with van der Waals surface area (Å²) in [6.07, 6.45) is 0. The van der Waals surface area contributed by atoms with Gasteiger partial charge in [-0.15, -0.1) is 0 Å². The van der Waals surface area contributed by atoms with Gasteiger partial charge in [-0.1, -0.05) is 43.4 Å². The van der Waals surface area contributed by atoms with Crippen molar-refractivity contribution in [3.63, 3.8) is 0 Å². The van der Waals surface area contributed by atoms with Crippen LogP contribution in [0.4, 0.5) is 0 Å². The standard InChI is InChI=1S/C16H29NO4Si/c1-18-14-20-12-10-17(11-13-21-15-19-2)22(3,4)16-8-6-5-7-9-16/h5-9H,10-15H2,1-4H3. The Kier molecular flexibility index (Phi) is 9.54. The number of hydrogen-bond acceptors (Lipinski definition) is 5. The smallest absolute Gasteiger partial charge is 0.154 e. The number of rotatable bonds is 12. The number of ether oxygens (including phenoxy) is 4. The first-order chi connectivity index (χ1) is 10.6. The van der Waals surface area contributed by atoms with Crippen LogP contribution in [-0.4, -0.2) is 66.9 Å². The molecule has 0 aromatic heterocycles. The molecule has 0 N–H and O–H groups in total. The predicted octanol–water partition coefficient (Wildman–Crippen LogP) is 1.64. The van der Waals surface area contributed by atoms with Gasteiger partial charge in [0, 0.05) is 27.3 Å². The van der Waals surface area contributed by atoms with Gasteiger partial charge in [0.25, 0.3) is 0 Å². The SMILES string of the molecule is COCOCCN(CCOCOC)[Si](C)(C)c1ccccc1. The average Bonchev–Trinajstić information content (AvgIpc) is 2.54. The third-order valence-corrected chi connectivity index (χ3v) is 7.46. The maximum absolute atomic E-state index is 5.46. The summed E-state index contributed by atoms with van der Waals surface area (Å²) in [6.45, 7) is 8.43. The molecule has 5 nitrogen and oxygen atoms in total. The van der Waals surface area contributed by atoms with Crippen molar-refractivity contribution in [2.75, 3.05) is 54.1 Å². The number of hydrogen-bond donors (Lipinski definition) is 0. The molecule has 0 aliphatic heterocycles. The molecular weight excluding hydrogens is 298 g/mol. The van der Waals surface area contributed by atoms with Crippen molar-refractivity contribution in [2.24, 2.45) is 0 Å². The molecular formula is C16H29NO4Si. The van der Waals surface area contributed by atoms with E-state index >= 15 is 0 Å². The molecule has 0 aliphatic rings. The summed E-state index contributed by atoms with van der Waals surface area (Å²) in [6, 6.07) is 10.7. The molecule has 0 aliphatic carbocycles. The Hall–Kier alpha value is -0.763. The van der Waals surface area contributed by atoms with Crippen LogP contribution in [0, 0.1) is 0 Å². The Morgan fingerprint density at radius 3 is 1.82 bits per heavy atom. The molecule has 0 saturated heterocycles. The molecule has 1 rings (SSSR count). The zero-order chi connectivity index (χ0) is 16.3. The van der Waals surface area contributed by atoms with Crippen LogP contribution >= 0.6 is 0 Å². The van der Waals surface area contributed by atoms with E-state index in [1.807, 2.05) is 0 Å². The molecule has 6 heteroatoms. The van der Waals surface area contributed by atoms with Gasteiger partial charge in [-0.3, -0.25) is 0 Å². The Labute approximate surface area is 135 Å². The van der Waals surface area contributed by atoms with Gasteiger partial charge in [-0.2, -0.15) is 0 Å². The van der Waals surface area contributed by atoms with Crippen LogP contribution in [0.2, 0.25) is 13.1 Å². The minimum absolute atomic E-state index is 0.335. The molecule has 0 fully saturated rings. The zero-order valence-corrected chi connectivity index (χ0v) is 15.2. The summed E-state index contributed by atoms with van der Waals surface area (Å²) in [5.41, 5.74) is 0. The van der Waals surface area contributed by atoms with E-state index in [1.165, 1.54) is 5.19 Å². The predicted molar refractivity (Wildman–Crippen MR) is 90.8 cm³/mol. The Balaban J connectivity index is 2.65. The van der Waals surface area contributed by atoms with Crippen LogP contribution in [0.3, 0.4) is 0 Å². The molecule has 0 unspecified atom stereocenters. The summed E-state index contributed by atoms with van der Waals surface area (Å²) >= 11 is 0. The lowest BCUT2D eigenvalue weighted by Crippen LogP contribution is -2.59. The summed E-state index contributed by atoms with van der Waals surface area (Å²) in [5, 5.41) is 1.41.